The Morgan fingerprint density at radius 1 is 0.416 bits per heavy atom. The predicted octanol–water partition coefficient (Wildman–Crippen LogP) is 20.5. The van der Waals surface area contributed by atoms with Crippen LogP contribution in [-0.4, -0.2) is 273 Å². The highest BCUT2D eigenvalue weighted by molar-refractivity contribution is 9.12. The second-order valence-corrected chi connectivity index (χ2v) is 40.7. The van der Waals surface area contributed by atoms with Crippen molar-refractivity contribution in [1.29, 1.82) is 0 Å². The maximum Gasteiger partial charge on any atom is 0.534 e. The summed E-state index contributed by atoms with van der Waals surface area (Å²) in [6, 6.07) is 66.0. The van der Waals surface area contributed by atoms with Crippen LogP contribution in [0.25, 0.3) is 0 Å². The van der Waals surface area contributed by atoms with E-state index in [1.165, 1.54) is 37.3 Å². The molecule has 800 valence electrons. The van der Waals surface area contributed by atoms with Crippen molar-refractivity contribution in [2.45, 2.75) is 82.8 Å². The number of nitrogens with zero attached hydrogens (tertiary/aromatic N) is 9. The standard InChI is InChI=1S/C17H18BrClN2O4.C17H21BrN2O3.C16H19BrN2O3.C13H14BrNO3.C13H12BrNO3.C13H12F3NO4S.C12H12BrNO.C5H10O/c1-2-8-25-21(16(19)22)15-9-14(18)10-20(11-15)17(23)24-12-13-6-4-3-5-7-13;1-3-9-23-19(2)16-10-15(18)11-20(12-16)17(21)22-13-14-7-5-4-6-8-14;1-2-8-22-18-15-9-14(17)10-19(11-15)16(20)21-12-13-6-4-3-5-7-13;2*14-11-6-12(16)8-15(7-11)13(17)18-9-10-4-2-1-3-5-10;14-13(15,16)22(19,20)21-12-6-11(18)8-17(9-12)7-10-4-2-1-3-5-10;13-11-6-12(15)9-14(8-11)7-10-4-2-1-3-5-10;1-3-5-6-4-2/h2-7,9,15H,1,8,10-12H2;3-8,10,16H,1,9,11-13H2,2H3;2-7,9,15,18H,1,8,10-12H2;1-6,12,16H,7-9H2;1-6H,7-9H2;1-6H,7-9H2;1-6H,7-9H2;3H,1,4-5H2,2H3. The van der Waals surface area contributed by atoms with Crippen molar-refractivity contribution in [2.75, 3.05) is 132 Å². The molecule has 4 atom stereocenters. The molecule has 0 radical (unpaired) electrons. The molecular formula is C106H118Br6ClF3N10O22S. The first-order valence-corrected chi connectivity index (χ1v) is 52.8. The van der Waals surface area contributed by atoms with Crippen LogP contribution in [0.2, 0.25) is 0 Å². The van der Waals surface area contributed by atoms with Gasteiger partial charge in [0.2, 0.25) is 0 Å². The molecule has 0 saturated heterocycles. The zero-order chi connectivity index (χ0) is 108. The fraction of sp³-hybridized carbons (Fsp3) is 0.311. The molecule has 32 nitrogen and oxygen atoms in total. The molecule has 0 spiro atoms. The van der Waals surface area contributed by atoms with Crippen molar-refractivity contribution in [3.63, 3.8) is 0 Å². The van der Waals surface area contributed by atoms with Crippen LogP contribution in [0.3, 0.4) is 0 Å². The predicted molar refractivity (Wildman–Crippen MR) is 582 cm³/mol. The van der Waals surface area contributed by atoms with Crippen LogP contribution in [0.1, 0.15) is 45.9 Å². The van der Waals surface area contributed by atoms with Crippen molar-refractivity contribution >= 4 is 170 Å². The molecule has 7 aromatic carbocycles. The summed E-state index contributed by atoms with van der Waals surface area (Å²) in [6.45, 7) is 25.7. The van der Waals surface area contributed by atoms with Crippen molar-refractivity contribution in [1.82, 2.24) is 49.9 Å². The Balaban J connectivity index is 0.000000234. The molecule has 43 heteroatoms. The zero-order valence-electron chi connectivity index (χ0n) is 81.8. The molecule has 0 fully saturated rings. The number of amides is 6. The lowest BCUT2D eigenvalue weighted by Crippen LogP contribution is -2.49. The molecule has 0 aliphatic carbocycles. The lowest BCUT2D eigenvalue weighted by molar-refractivity contribution is -0.150. The van der Waals surface area contributed by atoms with Crippen LogP contribution < -0.4 is 5.48 Å². The number of hydroxylamine groups is 5. The van der Waals surface area contributed by atoms with Gasteiger partial charge >= 0.3 is 51.5 Å². The Labute approximate surface area is 921 Å². The summed E-state index contributed by atoms with van der Waals surface area (Å²) in [4.78, 5) is 133. The number of nitrogens with one attached hydrogen (secondary N) is 1. The van der Waals surface area contributed by atoms with Crippen LogP contribution >= 0.6 is 107 Å². The quantitative estimate of drug-likeness (QED) is 0.00596. The van der Waals surface area contributed by atoms with E-state index < -0.39 is 63.0 Å². The molecular weight excluding hydrogens is 2370 g/mol. The number of carbonyl (C=O) groups excluding carboxylic acids is 9. The molecule has 7 aliphatic rings. The summed E-state index contributed by atoms with van der Waals surface area (Å²) in [5, 5.41) is 11.5. The molecule has 0 bridgehead atoms. The number of hydrogen-bond donors (Lipinski definition) is 2. The van der Waals surface area contributed by atoms with Crippen LogP contribution in [0.15, 0.2) is 338 Å². The first-order valence-electron chi connectivity index (χ1n) is 46.2. The number of ether oxygens (including phenoxy) is 6. The highest BCUT2D eigenvalue weighted by Crippen LogP contribution is 2.30. The average molecular weight is 2490 g/mol. The Morgan fingerprint density at radius 3 is 1.11 bits per heavy atom. The first kappa shape index (κ1) is 125. The number of carbonyl (C=O) groups is 9. The van der Waals surface area contributed by atoms with Gasteiger partial charge in [0.05, 0.1) is 123 Å². The average Bonchev–Trinajstić information content (AvgIpc) is 0.811. The lowest BCUT2D eigenvalue weighted by atomic mass is 10.1. The molecule has 6 amide bonds. The van der Waals surface area contributed by atoms with Crippen LogP contribution in [0.5, 0.6) is 0 Å². The summed E-state index contributed by atoms with van der Waals surface area (Å²) in [5.41, 5.74) is 4.13. The number of benzene rings is 7. The van der Waals surface area contributed by atoms with Gasteiger partial charge in [0, 0.05) is 79.3 Å². The maximum atomic E-state index is 12.3. The Morgan fingerprint density at radius 2 is 0.745 bits per heavy atom. The number of aliphatic hydroxyl groups excluding tert-OH is 1. The van der Waals surface area contributed by atoms with Gasteiger partial charge < -0.3 is 57.3 Å². The lowest BCUT2D eigenvalue weighted by Gasteiger charge is -2.34. The number of aliphatic hydroxyl groups is 1. The van der Waals surface area contributed by atoms with Crippen LogP contribution in [0, 0.1) is 0 Å². The summed E-state index contributed by atoms with van der Waals surface area (Å²) in [6.07, 6.45) is 15.3. The number of halogens is 10. The van der Waals surface area contributed by atoms with E-state index in [0.29, 0.717) is 83.2 Å². The van der Waals surface area contributed by atoms with Gasteiger partial charge in [-0.3, -0.25) is 48.4 Å². The summed E-state index contributed by atoms with van der Waals surface area (Å²) >= 11 is 25.8. The van der Waals surface area contributed by atoms with E-state index in [-0.39, 0.29) is 108 Å². The highest BCUT2D eigenvalue weighted by atomic mass is 79.9. The third-order valence-corrected chi connectivity index (χ3v) is 24.7. The fourth-order valence-electron chi connectivity index (χ4n) is 13.8. The van der Waals surface area contributed by atoms with E-state index in [4.69, 9.17) is 54.5 Å². The molecule has 7 heterocycles. The maximum absolute atomic E-state index is 12.3. The van der Waals surface area contributed by atoms with E-state index in [1.807, 2.05) is 196 Å². The molecule has 14 rings (SSSR count). The minimum Gasteiger partial charge on any atom is -0.445 e. The van der Waals surface area contributed by atoms with Crippen LogP contribution in [0.4, 0.5) is 41.9 Å². The molecule has 0 aromatic heterocycles. The van der Waals surface area contributed by atoms with Gasteiger partial charge in [-0.1, -0.05) is 344 Å². The van der Waals surface area contributed by atoms with Gasteiger partial charge in [-0.15, -0.1) is 26.3 Å². The Kier molecular flexibility index (Phi) is 57.5. The van der Waals surface area contributed by atoms with Crippen molar-refractivity contribution in [2.24, 2.45) is 0 Å². The number of ketones is 3. The van der Waals surface area contributed by atoms with E-state index >= 15 is 0 Å². The zero-order valence-corrected chi connectivity index (χ0v) is 92.9. The van der Waals surface area contributed by atoms with Gasteiger partial charge in [0.1, 0.15) is 38.8 Å². The summed E-state index contributed by atoms with van der Waals surface area (Å²) in [5.74, 6) is -0.993. The number of rotatable bonds is 31. The molecule has 2 N–H and O–H groups in total. The van der Waals surface area contributed by atoms with Crippen molar-refractivity contribution < 1.29 is 117 Å². The molecule has 0 saturated carbocycles. The second-order valence-electron chi connectivity index (χ2n) is 32.7. The largest absolute Gasteiger partial charge is 0.534 e. The van der Waals surface area contributed by atoms with Crippen molar-refractivity contribution in [3.8, 4) is 0 Å². The minimum absolute atomic E-state index is 0.0200. The number of alkyl halides is 3. The normalized spacial score (nSPS) is 17.0. The van der Waals surface area contributed by atoms with E-state index in [1.54, 1.807) is 81.7 Å². The van der Waals surface area contributed by atoms with E-state index in [0.717, 1.165) is 86.6 Å². The summed E-state index contributed by atoms with van der Waals surface area (Å²) in [7, 11) is -3.93. The first-order chi connectivity index (χ1) is 71.4. The highest BCUT2D eigenvalue weighted by Gasteiger charge is 2.49. The van der Waals surface area contributed by atoms with E-state index in [9.17, 15) is 69.8 Å². The van der Waals surface area contributed by atoms with Crippen LogP contribution in [-0.2, 0) is 118 Å². The number of β-amino-alcohol motifs (C(OH)–C–C–N with tert-alkyl or cyclic N) is 1. The van der Waals surface area contributed by atoms with Gasteiger partial charge in [0.25, 0.3) is 0 Å². The molecule has 7 aromatic rings. The summed E-state index contributed by atoms with van der Waals surface area (Å²) < 4.78 is 99.1. The number of likely N-dealkylation sites (N-methyl/N-ethyl adjacent to an activating group) is 1. The second kappa shape index (κ2) is 68.6. The van der Waals surface area contributed by atoms with Gasteiger partial charge in [-0.05, 0) is 81.8 Å². The Hall–Kier alpha value is -11.1. The fourth-order valence-corrected chi connectivity index (χ4v) is 18.1. The smallest absolute Gasteiger partial charge is 0.445 e. The van der Waals surface area contributed by atoms with Gasteiger partial charge in [-0.25, -0.2) is 24.0 Å². The van der Waals surface area contributed by atoms with E-state index in [2.05, 4.69) is 149 Å². The third kappa shape index (κ3) is 49.7. The number of hydrogen-bond acceptors (Lipinski definition) is 26. The minimum atomic E-state index is -5.76. The van der Waals surface area contributed by atoms with Crippen molar-refractivity contribution in [3.05, 3.63) is 377 Å². The topological polar surface area (TPSA) is 341 Å². The third-order valence-electron chi connectivity index (χ3n) is 20.5. The molecule has 7 aliphatic heterocycles. The SMILES string of the molecule is C=CCOCC.C=CCON(C(=O)Cl)C1C=C(Br)CN(C(=O)OCc2ccccc2)C1.C=CCON(C)C1C=C(Br)CN(C(=O)OCc2ccccc2)C1.C=CCONC1C=C(Br)CN(C(=O)OCc2ccccc2)C1.O=C(OCc1ccccc1)N1CC(Br)=CC(O)C1.O=C1C=C(Br)CN(C(=O)OCc2ccccc2)C1.O=C1C=C(Br)CN(Cc2ccccc2)C1.O=C1C=C(OS(=O)(=O)C(F)(F)F)CN(Cc2ccccc2)C1. The molecule has 149 heavy (non-hydrogen) atoms. The monoisotopic (exact) mass is 2480 g/mol. The van der Waals surface area contributed by atoms with Gasteiger partial charge in [0.15, 0.2) is 17.3 Å². The van der Waals surface area contributed by atoms with Gasteiger partial charge in [-0.2, -0.15) is 37.2 Å². The Bertz CT molecular complexity index is 5810. The molecule has 4 unspecified atom stereocenters.